The lowest BCUT2D eigenvalue weighted by atomic mass is 10.0. The summed E-state index contributed by atoms with van der Waals surface area (Å²) in [5.74, 6) is -2.00. The number of carbonyl (C=O) groups excluding carboxylic acids is 2. The summed E-state index contributed by atoms with van der Waals surface area (Å²) >= 11 is 5.74. The summed E-state index contributed by atoms with van der Waals surface area (Å²) < 4.78 is 13.3. The molecule has 1 saturated heterocycles. The molecule has 0 saturated carbocycles. The molecule has 2 atom stereocenters. The van der Waals surface area contributed by atoms with E-state index in [4.69, 9.17) is 17.3 Å². The van der Waals surface area contributed by atoms with Gasteiger partial charge in [-0.25, -0.2) is 4.39 Å². The second kappa shape index (κ2) is 6.82. The van der Waals surface area contributed by atoms with Crippen molar-refractivity contribution in [2.75, 3.05) is 13.1 Å². The van der Waals surface area contributed by atoms with Crippen LogP contribution in [0, 0.1) is 5.82 Å². The Hall–Kier alpha value is -1.70. The molecule has 0 aliphatic carbocycles. The van der Waals surface area contributed by atoms with Crippen molar-refractivity contribution in [2.45, 2.75) is 31.5 Å². The summed E-state index contributed by atoms with van der Waals surface area (Å²) in [4.78, 5) is 25.9. The van der Waals surface area contributed by atoms with E-state index in [-0.39, 0.29) is 37.1 Å². The molecule has 1 aliphatic heterocycles. The van der Waals surface area contributed by atoms with Crippen molar-refractivity contribution in [3.05, 3.63) is 34.6 Å². The Kier molecular flexibility index (Phi) is 5.23. The number of nitrogens with zero attached hydrogens (tertiary/aromatic N) is 1. The van der Waals surface area contributed by atoms with Gasteiger partial charge in [0.15, 0.2) is 0 Å². The molecule has 0 radical (unpaired) electrons. The topological polar surface area (TPSA) is 95.7 Å². The molecule has 1 fully saturated rings. The Morgan fingerprint density at radius 3 is 2.87 bits per heavy atom. The summed E-state index contributed by atoms with van der Waals surface area (Å²) in [7, 11) is 0. The molecule has 1 aromatic carbocycles. The minimum absolute atomic E-state index is 0.00802. The molecule has 23 heavy (non-hydrogen) atoms. The fourth-order valence-electron chi connectivity index (χ4n) is 2.53. The maximum atomic E-state index is 13.3. The fraction of sp³-hybridized carbons (Fsp3) is 0.467. The highest BCUT2D eigenvalue weighted by Crippen LogP contribution is 2.25. The van der Waals surface area contributed by atoms with Crippen molar-refractivity contribution in [2.24, 2.45) is 5.73 Å². The zero-order valence-electron chi connectivity index (χ0n) is 12.7. The van der Waals surface area contributed by atoms with E-state index in [2.05, 4.69) is 5.32 Å². The van der Waals surface area contributed by atoms with Crippen LogP contribution in [0.3, 0.4) is 0 Å². The van der Waals surface area contributed by atoms with Gasteiger partial charge in [-0.2, -0.15) is 0 Å². The molecule has 2 rings (SSSR count). The molecule has 126 valence electrons. The summed E-state index contributed by atoms with van der Waals surface area (Å²) in [6.07, 6.45) is -0.00802. The molecule has 1 unspecified atom stereocenters. The standard InChI is InChI=1S/C15H19ClFN3O3/c1-9(7-18)20-3-2-15(23,14(20)22)13(21)19-8-10-4-11(16)6-12(17)5-10/h4-6,9,23H,2-3,7-8,18H2,1H3,(H,19,21)/t9?,15-/m0/s1. The monoisotopic (exact) mass is 343 g/mol. The van der Waals surface area contributed by atoms with E-state index in [0.717, 1.165) is 6.07 Å². The minimum Gasteiger partial charge on any atom is -0.372 e. The van der Waals surface area contributed by atoms with Crippen LogP contribution in [0.25, 0.3) is 0 Å². The molecule has 2 amide bonds. The number of hydrogen-bond donors (Lipinski definition) is 3. The molecular formula is C15H19ClFN3O3. The van der Waals surface area contributed by atoms with E-state index < -0.39 is 23.2 Å². The van der Waals surface area contributed by atoms with Crippen molar-refractivity contribution >= 4 is 23.4 Å². The van der Waals surface area contributed by atoms with Gasteiger partial charge in [0.05, 0.1) is 0 Å². The predicted octanol–water partition coefficient (Wildman–Crippen LogP) is 0.406. The first-order valence-electron chi connectivity index (χ1n) is 7.24. The zero-order valence-corrected chi connectivity index (χ0v) is 13.4. The average molecular weight is 344 g/mol. The van der Waals surface area contributed by atoms with Crippen LogP contribution in [0.4, 0.5) is 4.39 Å². The van der Waals surface area contributed by atoms with Crippen LogP contribution >= 0.6 is 11.6 Å². The van der Waals surface area contributed by atoms with Gasteiger partial charge in [-0.05, 0) is 30.7 Å². The lowest BCUT2D eigenvalue weighted by Crippen LogP contribution is -2.54. The van der Waals surface area contributed by atoms with Crippen LogP contribution in [0.5, 0.6) is 0 Å². The maximum absolute atomic E-state index is 13.3. The number of aliphatic hydroxyl groups is 1. The van der Waals surface area contributed by atoms with Crippen LogP contribution in [-0.2, 0) is 16.1 Å². The fourth-order valence-corrected chi connectivity index (χ4v) is 2.77. The van der Waals surface area contributed by atoms with Crippen LogP contribution in [-0.4, -0.2) is 46.6 Å². The third-order valence-electron chi connectivity index (χ3n) is 3.95. The molecule has 0 aromatic heterocycles. The van der Waals surface area contributed by atoms with Gasteiger partial charge in [0, 0.05) is 37.1 Å². The lowest BCUT2D eigenvalue weighted by molar-refractivity contribution is -0.155. The van der Waals surface area contributed by atoms with Gasteiger partial charge in [-0.3, -0.25) is 9.59 Å². The van der Waals surface area contributed by atoms with E-state index in [9.17, 15) is 19.1 Å². The molecular weight excluding hydrogens is 325 g/mol. The van der Waals surface area contributed by atoms with E-state index in [1.54, 1.807) is 6.92 Å². The number of carbonyl (C=O) groups is 2. The quantitative estimate of drug-likeness (QED) is 0.675. The smallest absolute Gasteiger partial charge is 0.264 e. The number of nitrogens with one attached hydrogen (secondary N) is 1. The van der Waals surface area contributed by atoms with Crippen LogP contribution < -0.4 is 11.1 Å². The highest BCUT2D eigenvalue weighted by Gasteiger charge is 2.52. The summed E-state index contributed by atoms with van der Waals surface area (Å²) in [5, 5.41) is 13.0. The highest BCUT2D eigenvalue weighted by atomic mass is 35.5. The lowest BCUT2D eigenvalue weighted by Gasteiger charge is -2.25. The number of benzene rings is 1. The van der Waals surface area contributed by atoms with Gasteiger partial charge in [0.25, 0.3) is 11.8 Å². The van der Waals surface area contributed by atoms with Crippen molar-refractivity contribution < 1.29 is 19.1 Å². The van der Waals surface area contributed by atoms with Crippen LogP contribution in [0.2, 0.25) is 5.02 Å². The van der Waals surface area contributed by atoms with Crippen molar-refractivity contribution in [1.29, 1.82) is 0 Å². The molecule has 6 nitrogen and oxygen atoms in total. The highest BCUT2D eigenvalue weighted by molar-refractivity contribution is 6.30. The first-order valence-corrected chi connectivity index (χ1v) is 7.62. The van der Waals surface area contributed by atoms with Gasteiger partial charge in [-0.15, -0.1) is 0 Å². The van der Waals surface area contributed by atoms with Gasteiger partial charge in [0.1, 0.15) is 5.82 Å². The first-order chi connectivity index (χ1) is 10.8. The number of hydrogen-bond acceptors (Lipinski definition) is 4. The number of nitrogens with two attached hydrogens (primary N) is 1. The second-order valence-corrected chi connectivity index (χ2v) is 6.09. The molecule has 0 spiro atoms. The Balaban J connectivity index is 2.04. The zero-order chi connectivity index (χ0) is 17.2. The van der Waals surface area contributed by atoms with Crippen molar-refractivity contribution in [3.8, 4) is 0 Å². The van der Waals surface area contributed by atoms with Crippen LogP contribution in [0.15, 0.2) is 18.2 Å². The Labute approximate surface area is 138 Å². The summed E-state index contributed by atoms with van der Waals surface area (Å²) in [6.45, 7) is 2.20. The number of likely N-dealkylation sites (tertiary alicyclic amines) is 1. The Bertz CT molecular complexity index is 608. The molecule has 8 heteroatoms. The first kappa shape index (κ1) is 17.7. The van der Waals surface area contributed by atoms with E-state index in [1.165, 1.54) is 17.0 Å². The Morgan fingerprint density at radius 2 is 2.26 bits per heavy atom. The third-order valence-corrected chi connectivity index (χ3v) is 4.17. The molecule has 0 bridgehead atoms. The number of rotatable bonds is 5. The van der Waals surface area contributed by atoms with Crippen LogP contribution in [0.1, 0.15) is 18.9 Å². The van der Waals surface area contributed by atoms with E-state index in [0.29, 0.717) is 5.56 Å². The van der Waals surface area contributed by atoms with Gasteiger partial charge in [-0.1, -0.05) is 11.6 Å². The number of halogens is 2. The Morgan fingerprint density at radius 1 is 1.57 bits per heavy atom. The van der Waals surface area contributed by atoms with E-state index in [1.807, 2.05) is 0 Å². The summed E-state index contributed by atoms with van der Waals surface area (Å²) in [5.41, 5.74) is 3.84. The van der Waals surface area contributed by atoms with Crippen molar-refractivity contribution in [3.63, 3.8) is 0 Å². The maximum Gasteiger partial charge on any atom is 0.264 e. The predicted molar refractivity (Wildman–Crippen MR) is 83.1 cm³/mol. The molecule has 1 heterocycles. The second-order valence-electron chi connectivity index (χ2n) is 5.65. The van der Waals surface area contributed by atoms with Gasteiger partial charge < -0.3 is 21.1 Å². The minimum atomic E-state index is -2.11. The largest absolute Gasteiger partial charge is 0.372 e. The van der Waals surface area contributed by atoms with Crippen molar-refractivity contribution in [1.82, 2.24) is 10.2 Å². The summed E-state index contributed by atoms with van der Waals surface area (Å²) in [6, 6.07) is 3.60. The van der Waals surface area contributed by atoms with Gasteiger partial charge in [0.2, 0.25) is 5.60 Å². The number of amides is 2. The van der Waals surface area contributed by atoms with Gasteiger partial charge >= 0.3 is 0 Å². The van der Waals surface area contributed by atoms with E-state index >= 15 is 0 Å². The molecule has 1 aromatic rings. The SMILES string of the molecule is CC(CN)N1CC[C@](O)(C(=O)NCc2cc(F)cc(Cl)c2)C1=O. The normalized spacial score (nSPS) is 22.3. The average Bonchev–Trinajstić information content (AvgIpc) is 2.80. The third kappa shape index (κ3) is 3.63. The molecule has 4 N–H and O–H groups in total. The molecule has 1 aliphatic rings.